The van der Waals surface area contributed by atoms with Gasteiger partial charge in [0.1, 0.15) is 11.7 Å². The summed E-state index contributed by atoms with van der Waals surface area (Å²) in [5, 5.41) is 0. The van der Waals surface area contributed by atoms with E-state index >= 15 is 0 Å². The SMILES string of the molecule is CC(=O)OCC[C@H](C)CC[C@H]1OC(=O)OC1(C)C. The largest absolute Gasteiger partial charge is 0.509 e. The number of ether oxygens (including phenoxy) is 3. The maximum absolute atomic E-state index is 11.1. The lowest BCUT2D eigenvalue weighted by Gasteiger charge is -2.22. The third kappa shape index (κ3) is 4.55. The van der Waals surface area contributed by atoms with Crippen LogP contribution in [0.4, 0.5) is 4.79 Å². The summed E-state index contributed by atoms with van der Waals surface area (Å²) in [5.41, 5.74) is -0.549. The van der Waals surface area contributed by atoms with Gasteiger partial charge in [-0.2, -0.15) is 0 Å². The van der Waals surface area contributed by atoms with Crippen molar-refractivity contribution in [3.8, 4) is 0 Å². The third-order valence-electron chi connectivity index (χ3n) is 3.20. The van der Waals surface area contributed by atoms with Crippen molar-refractivity contribution >= 4 is 12.1 Å². The summed E-state index contributed by atoms with van der Waals surface area (Å²) in [5.74, 6) is 0.168. The molecule has 0 N–H and O–H groups in total. The average molecular weight is 258 g/mol. The molecule has 1 heterocycles. The number of cyclic esters (lactones) is 2. The fraction of sp³-hybridized carbons (Fsp3) is 0.846. The van der Waals surface area contributed by atoms with E-state index < -0.39 is 11.8 Å². The van der Waals surface area contributed by atoms with Crippen molar-refractivity contribution < 1.29 is 23.8 Å². The van der Waals surface area contributed by atoms with Gasteiger partial charge in [-0.05, 0) is 39.0 Å². The Labute approximate surface area is 108 Å². The van der Waals surface area contributed by atoms with Crippen LogP contribution in [0.3, 0.4) is 0 Å². The summed E-state index contributed by atoms with van der Waals surface area (Å²) in [6.07, 6.45) is 1.71. The Morgan fingerprint density at radius 2 is 2.11 bits per heavy atom. The molecule has 2 atom stereocenters. The van der Waals surface area contributed by atoms with Crippen molar-refractivity contribution in [2.24, 2.45) is 5.92 Å². The number of carbonyl (C=O) groups is 2. The van der Waals surface area contributed by atoms with Gasteiger partial charge in [0.2, 0.25) is 0 Å². The minimum absolute atomic E-state index is 0.193. The highest BCUT2D eigenvalue weighted by atomic mass is 16.8. The highest BCUT2D eigenvalue weighted by molar-refractivity contribution is 5.65. The van der Waals surface area contributed by atoms with Gasteiger partial charge in [-0.1, -0.05) is 6.92 Å². The van der Waals surface area contributed by atoms with Crippen molar-refractivity contribution in [1.29, 1.82) is 0 Å². The Kier molecular flexibility index (Phi) is 4.99. The Balaban J connectivity index is 2.24. The first-order valence-corrected chi connectivity index (χ1v) is 6.34. The third-order valence-corrected chi connectivity index (χ3v) is 3.20. The molecule has 5 heteroatoms. The fourth-order valence-electron chi connectivity index (χ4n) is 1.95. The van der Waals surface area contributed by atoms with Gasteiger partial charge in [0.25, 0.3) is 0 Å². The van der Waals surface area contributed by atoms with Crippen LogP contribution in [-0.2, 0) is 19.0 Å². The van der Waals surface area contributed by atoms with Crippen molar-refractivity contribution in [2.45, 2.75) is 58.7 Å². The second-order valence-corrected chi connectivity index (χ2v) is 5.37. The Hall–Kier alpha value is -1.26. The van der Waals surface area contributed by atoms with Crippen LogP contribution in [0, 0.1) is 5.92 Å². The molecule has 0 bridgehead atoms. The number of carbonyl (C=O) groups excluding carboxylic acids is 2. The second kappa shape index (κ2) is 6.07. The summed E-state index contributed by atoms with van der Waals surface area (Å²) in [7, 11) is 0. The van der Waals surface area contributed by atoms with Crippen molar-refractivity contribution in [2.75, 3.05) is 6.61 Å². The molecule has 0 aliphatic carbocycles. The molecular weight excluding hydrogens is 236 g/mol. The molecule has 0 amide bonds. The van der Waals surface area contributed by atoms with E-state index in [2.05, 4.69) is 6.92 Å². The Bertz CT molecular complexity index is 311. The van der Waals surface area contributed by atoms with Crippen LogP contribution >= 0.6 is 0 Å². The molecule has 0 unspecified atom stereocenters. The van der Waals surface area contributed by atoms with E-state index in [1.807, 2.05) is 13.8 Å². The topological polar surface area (TPSA) is 61.8 Å². The van der Waals surface area contributed by atoms with E-state index in [9.17, 15) is 9.59 Å². The summed E-state index contributed by atoms with van der Waals surface area (Å²) in [6.45, 7) is 7.65. The average Bonchev–Trinajstić information content (AvgIpc) is 2.48. The van der Waals surface area contributed by atoms with Crippen LogP contribution in [0.15, 0.2) is 0 Å². The predicted octanol–water partition coefficient (Wildman–Crippen LogP) is 2.67. The highest BCUT2D eigenvalue weighted by Crippen LogP contribution is 2.30. The maximum Gasteiger partial charge on any atom is 0.509 e. The van der Waals surface area contributed by atoms with Gasteiger partial charge < -0.3 is 14.2 Å². The zero-order valence-corrected chi connectivity index (χ0v) is 11.5. The van der Waals surface area contributed by atoms with E-state index in [0.29, 0.717) is 12.5 Å². The highest BCUT2D eigenvalue weighted by Gasteiger charge is 2.43. The van der Waals surface area contributed by atoms with E-state index in [1.165, 1.54) is 6.92 Å². The van der Waals surface area contributed by atoms with Crippen LogP contribution in [0.1, 0.15) is 47.0 Å². The van der Waals surface area contributed by atoms with E-state index in [-0.39, 0.29) is 12.1 Å². The van der Waals surface area contributed by atoms with Crippen LogP contribution in [0.2, 0.25) is 0 Å². The standard InChI is InChI=1S/C13H22O5/c1-9(7-8-16-10(2)14)5-6-11-13(3,4)18-12(15)17-11/h9,11H,5-8H2,1-4H3/t9-,11-/m1/s1. The number of hydrogen-bond acceptors (Lipinski definition) is 5. The second-order valence-electron chi connectivity index (χ2n) is 5.37. The molecule has 104 valence electrons. The zero-order chi connectivity index (χ0) is 13.8. The Morgan fingerprint density at radius 1 is 1.44 bits per heavy atom. The van der Waals surface area contributed by atoms with Gasteiger partial charge in [-0.25, -0.2) is 4.79 Å². The molecule has 0 spiro atoms. The molecule has 1 aliphatic rings. The summed E-state index contributed by atoms with van der Waals surface area (Å²) >= 11 is 0. The maximum atomic E-state index is 11.1. The molecule has 1 saturated heterocycles. The van der Waals surface area contributed by atoms with E-state index in [1.54, 1.807) is 0 Å². The lowest BCUT2D eigenvalue weighted by Crippen LogP contribution is -2.33. The molecule has 18 heavy (non-hydrogen) atoms. The van der Waals surface area contributed by atoms with Gasteiger partial charge in [0.15, 0.2) is 0 Å². The first-order valence-electron chi connectivity index (χ1n) is 6.34. The monoisotopic (exact) mass is 258 g/mol. The summed E-state index contributed by atoms with van der Waals surface area (Å²) < 4.78 is 15.1. The smallest absolute Gasteiger partial charge is 0.466 e. The van der Waals surface area contributed by atoms with Gasteiger partial charge in [0, 0.05) is 6.92 Å². The molecule has 1 fully saturated rings. The minimum Gasteiger partial charge on any atom is -0.466 e. The molecule has 0 radical (unpaired) electrons. The number of rotatable bonds is 6. The van der Waals surface area contributed by atoms with Crippen molar-refractivity contribution in [1.82, 2.24) is 0 Å². The molecule has 0 aromatic rings. The lowest BCUT2D eigenvalue weighted by atomic mass is 9.93. The predicted molar refractivity (Wildman–Crippen MR) is 65.1 cm³/mol. The molecular formula is C13H22O5. The lowest BCUT2D eigenvalue weighted by molar-refractivity contribution is -0.141. The van der Waals surface area contributed by atoms with Crippen LogP contribution < -0.4 is 0 Å². The Morgan fingerprint density at radius 3 is 2.61 bits per heavy atom. The zero-order valence-electron chi connectivity index (χ0n) is 11.5. The van der Waals surface area contributed by atoms with Crippen molar-refractivity contribution in [3.05, 3.63) is 0 Å². The van der Waals surface area contributed by atoms with Gasteiger partial charge in [-0.3, -0.25) is 4.79 Å². The summed E-state index contributed by atoms with van der Waals surface area (Å²) in [6, 6.07) is 0. The van der Waals surface area contributed by atoms with Gasteiger partial charge in [-0.15, -0.1) is 0 Å². The van der Waals surface area contributed by atoms with Crippen LogP contribution in [0.5, 0.6) is 0 Å². The number of hydrogen-bond donors (Lipinski definition) is 0. The molecule has 0 aromatic heterocycles. The molecule has 0 aromatic carbocycles. The molecule has 1 aliphatic heterocycles. The molecule has 1 rings (SSSR count). The van der Waals surface area contributed by atoms with E-state index in [0.717, 1.165) is 19.3 Å². The quantitative estimate of drug-likeness (QED) is 0.685. The molecule has 0 saturated carbocycles. The minimum atomic E-state index is -0.586. The fourth-order valence-corrected chi connectivity index (χ4v) is 1.95. The normalized spacial score (nSPS) is 23.1. The van der Waals surface area contributed by atoms with Gasteiger partial charge >= 0.3 is 12.1 Å². The van der Waals surface area contributed by atoms with E-state index in [4.69, 9.17) is 14.2 Å². The van der Waals surface area contributed by atoms with Crippen LogP contribution in [0.25, 0.3) is 0 Å². The first kappa shape index (κ1) is 14.8. The van der Waals surface area contributed by atoms with Crippen molar-refractivity contribution in [3.63, 3.8) is 0 Å². The number of esters is 1. The van der Waals surface area contributed by atoms with Gasteiger partial charge in [0.05, 0.1) is 6.61 Å². The van der Waals surface area contributed by atoms with Crippen LogP contribution in [-0.4, -0.2) is 30.4 Å². The first-order chi connectivity index (χ1) is 8.31. The summed E-state index contributed by atoms with van der Waals surface area (Å²) in [4.78, 5) is 21.7. The molecule has 5 nitrogen and oxygen atoms in total.